The summed E-state index contributed by atoms with van der Waals surface area (Å²) in [6.45, 7) is 3.12. The first-order chi connectivity index (χ1) is 10.1. The minimum Gasteiger partial charge on any atom is -0.480 e. The molecule has 0 spiro atoms. The minimum absolute atomic E-state index is 0.459. The van der Waals surface area contributed by atoms with Gasteiger partial charge in [-0.1, -0.05) is 18.2 Å². The molecule has 0 saturated heterocycles. The zero-order valence-corrected chi connectivity index (χ0v) is 12.5. The first-order valence-corrected chi connectivity index (χ1v) is 7.38. The molecule has 0 radical (unpaired) electrons. The maximum atomic E-state index is 11.6. The van der Waals surface area contributed by atoms with Gasteiger partial charge < -0.3 is 20.3 Å². The average Bonchev–Trinajstić information content (AvgIpc) is 2.83. The van der Waals surface area contributed by atoms with Crippen LogP contribution in [0.2, 0.25) is 0 Å². The molecule has 0 bridgehead atoms. The van der Waals surface area contributed by atoms with Crippen LogP contribution in [-0.2, 0) is 17.8 Å². The van der Waals surface area contributed by atoms with Crippen molar-refractivity contribution in [1.29, 1.82) is 0 Å². The number of fused-ring (bicyclic) bond motifs is 3. The Balaban J connectivity index is 2.03. The van der Waals surface area contributed by atoms with Crippen molar-refractivity contribution in [1.82, 2.24) is 15.2 Å². The summed E-state index contributed by atoms with van der Waals surface area (Å²) in [5.74, 6) is -0.841. The van der Waals surface area contributed by atoms with Gasteiger partial charge in [0, 0.05) is 29.6 Å². The van der Waals surface area contributed by atoms with Gasteiger partial charge in [0.05, 0.1) is 6.54 Å². The highest BCUT2D eigenvalue weighted by Gasteiger charge is 2.34. The molecule has 1 unspecified atom stereocenters. The van der Waals surface area contributed by atoms with Crippen molar-refractivity contribution in [2.45, 2.75) is 25.9 Å². The van der Waals surface area contributed by atoms with Crippen LogP contribution in [0.25, 0.3) is 10.9 Å². The van der Waals surface area contributed by atoms with Gasteiger partial charge in [-0.3, -0.25) is 0 Å². The van der Waals surface area contributed by atoms with Crippen LogP contribution in [-0.4, -0.2) is 38.7 Å². The number of aromatic amines is 1. The third-order valence-corrected chi connectivity index (χ3v) is 4.26. The first-order valence-electron chi connectivity index (χ1n) is 6.97. The van der Waals surface area contributed by atoms with E-state index in [4.69, 9.17) is 12.2 Å². The van der Waals surface area contributed by atoms with E-state index in [1.807, 2.05) is 31.2 Å². The monoisotopic (exact) mass is 303 g/mol. The van der Waals surface area contributed by atoms with Gasteiger partial charge >= 0.3 is 5.97 Å². The number of carbonyl (C=O) groups is 1. The van der Waals surface area contributed by atoms with Gasteiger partial charge in [-0.15, -0.1) is 0 Å². The van der Waals surface area contributed by atoms with Crippen molar-refractivity contribution in [2.75, 3.05) is 6.54 Å². The molecule has 3 rings (SSSR count). The molecule has 3 N–H and O–H groups in total. The van der Waals surface area contributed by atoms with Crippen molar-refractivity contribution in [3.05, 3.63) is 35.5 Å². The second-order valence-electron chi connectivity index (χ2n) is 5.15. The molecule has 2 aromatic rings. The molecule has 110 valence electrons. The smallest absolute Gasteiger partial charge is 0.326 e. The summed E-state index contributed by atoms with van der Waals surface area (Å²) in [5, 5.41) is 14.2. The quantitative estimate of drug-likeness (QED) is 0.739. The number of thiocarbonyl (C=S) groups is 1. The predicted molar refractivity (Wildman–Crippen MR) is 85.2 cm³/mol. The Bertz CT molecular complexity index is 710. The standard InChI is InChI=1S/C15H17N3O2S/c1-2-16-15(21)18-8-12-10(7-13(18)14(19)20)9-5-3-4-6-11(9)17-12/h3-6,13,17H,2,7-8H2,1H3,(H,16,21)(H,19,20). The fourth-order valence-corrected chi connectivity index (χ4v) is 3.23. The number of aliphatic carboxylic acids is 1. The molecule has 0 aliphatic carbocycles. The lowest BCUT2D eigenvalue weighted by Crippen LogP contribution is -2.52. The fraction of sp³-hybridized carbons (Fsp3) is 0.333. The Morgan fingerprint density at radius 3 is 3.00 bits per heavy atom. The Morgan fingerprint density at radius 1 is 1.52 bits per heavy atom. The Kier molecular flexibility index (Phi) is 3.55. The van der Waals surface area contributed by atoms with Crippen molar-refractivity contribution >= 4 is 34.2 Å². The first kappa shape index (κ1) is 13.9. The van der Waals surface area contributed by atoms with Crippen LogP contribution in [0.3, 0.4) is 0 Å². The van der Waals surface area contributed by atoms with E-state index >= 15 is 0 Å². The van der Waals surface area contributed by atoms with Crippen LogP contribution >= 0.6 is 12.2 Å². The minimum atomic E-state index is -0.841. The molecule has 6 heteroatoms. The molecule has 0 amide bonds. The zero-order valence-electron chi connectivity index (χ0n) is 11.7. The van der Waals surface area contributed by atoms with Crippen molar-refractivity contribution in [2.24, 2.45) is 0 Å². The van der Waals surface area contributed by atoms with E-state index in [-0.39, 0.29) is 0 Å². The lowest BCUT2D eigenvalue weighted by atomic mass is 9.97. The maximum absolute atomic E-state index is 11.6. The number of nitrogens with zero attached hydrogens (tertiary/aromatic N) is 1. The molecule has 2 heterocycles. The number of para-hydroxylation sites is 1. The molecular formula is C15H17N3O2S. The van der Waals surface area contributed by atoms with E-state index in [9.17, 15) is 9.90 Å². The molecule has 0 saturated carbocycles. The summed E-state index contributed by atoms with van der Waals surface area (Å²) < 4.78 is 0. The van der Waals surface area contributed by atoms with Gasteiger partial charge in [0.15, 0.2) is 5.11 Å². The van der Waals surface area contributed by atoms with Crippen LogP contribution in [0.1, 0.15) is 18.2 Å². The normalized spacial score (nSPS) is 17.6. The molecular weight excluding hydrogens is 286 g/mol. The molecule has 1 aromatic heterocycles. The van der Waals surface area contributed by atoms with Gasteiger partial charge in [0.25, 0.3) is 0 Å². The van der Waals surface area contributed by atoms with Gasteiger partial charge in [-0.2, -0.15) is 0 Å². The van der Waals surface area contributed by atoms with Crippen molar-refractivity contribution in [3.8, 4) is 0 Å². The number of hydrogen-bond donors (Lipinski definition) is 3. The van der Waals surface area contributed by atoms with Gasteiger partial charge in [0.2, 0.25) is 0 Å². The van der Waals surface area contributed by atoms with E-state index < -0.39 is 12.0 Å². The van der Waals surface area contributed by atoms with E-state index in [1.165, 1.54) is 0 Å². The number of H-pyrrole nitrogens is 1. The number of rotatable bonds is 2. The van der Waals surface area contributed by atoms with Crippen LogP contribution in [0, 0.1) is 0 Å². The Labute approximate surface area is 127 Å². The molecule has 0 fully saturated rings. The summed E-state index contributed by atoms with van der Waals surface area (Å²) >= 11 is 5.32. The van der Waals surface area contributed by atoms with E-state index in [0.717, 1.165) is 22.2 Å². The summed E-state index contributed by atoms with van der Waals surface area (Å²) in [5.41, 5.74) is 3.19. The van der Waals surface area contributed by atoms with E-state index in [0.29, 0.717) is 24.6 Å². The topological polar surface area (TPSA) is 68.4 Å². The van der Waals surface area contributed by atoms with Crippen LogP contribution in [0.15, 0.2) is 24.3 Å². The van der Waals surface area contributed by atoms with Crippen molar-refractivity contribution in [3.63, 3.8) is 0 Å². The third kappa shape index (κ3) is 2.35. The average molecular weight is 303 g/mol. The van der Waals surface area contributed by atoms with Gasteiger partial charge in [-0.25, -0.2) is 4.79 Å². The lowest BCUT2D eigenvalue weighted by Gasteiger charge is -2.35. The summed E-state index contributed by atoms with van der Waals surface area (Å²) in [6, 6.07) is 7.36. The van der Waals surface area contributed by atoms with E-state index in [1.54, 1.807) is 4.90 Å². The van der Waals surface area contributed by atoms with Crippen LogP contribution in [0.5, 0.6) is 0 Å². The maximum Gasteiger partial charge on any atom is 0.326 e. The Morgan fingerprint density at radius 2 is 2.29 bits per heavy atom. The Hall–Kier alpha value is -2.08. The van der Waals surface area contributed by atoms with Crippen LogP contribution < -0.4 is 5.32 Å². The molecule has 1 aliphatic heterocycles. The highest BCUT2D eigenvalue weighted by molar-refractivity contribution is 7.80. The molecule has 21 heavy (non-hydrogen) atoms. The number of carboxylic acids is 1. The van der Waals surface area contributed by atoms with Crippen molar-refractivity contribution < 1.29 is 9.90 Å². The van der Waals surface area contributed by atoms with Gasteiger partial charge in [-0.05, 0) is 30.8 Å². The number of hydrogen-bond acceptors (Lipinski definition) is 2. The highest BCUT2D eigenvalue weighted by Crippen LogP contribution is 2.30. The second-order valence-corrected chi connectivity index (χ2v) is 5.54. The molecule has 5 nitrogen and oxygen atoms in total. The number of aromatic nitrogens is 1. The van der Waals surface area contributed by atoms with Gasteiger partial charge in [0.1, 0.15) is 6.04 Å². The van der Waals surface area contributed by atoms with E-state index in [2.05, 4.69) is 10.3 Å². The predicted octanol–water partition coefficient (Wildman–Crippen LogP) is 1.87. The number of benzene rings is 1. The largest absolute Gasteiger partial charge is 0.480 e. The van der Waals surface area contributed by atoms with Crippen LogP contribution in [0.4, 0.5) is 0 Å². The molecule has 1 atom stereocenters. The molecule has 1 aliphatic rings. The summed E-state index contributed by atoms with van der Waals surface area (Å²) in [4.78, 5) is 16.7. The zero-order chi connectivity index (χ0) is 15.0. The number of carboxylic acid groups (broad SMARTS) is 1. The summed E-state index contributed by atoms with van der Waals surface area (Å²) in [7, 11) is 0. The third-order valence-electron chi connectivity index (χ3n) is 3.88. The number of nitrogens with one attached hydrogen (secondary N) is 2. The fourth-order valence-electron chi connectivity index (χ4n) is 2.89. The highest BCUT2D eigenvalue weighted by atomic mass is 32.1. The second kappa shape index (κ2) is 5.37. The summed E-state index contributed by atoms with van der Waals surface area (Å²) in [6.07, 6.45) is 0.459. The molecule has 1 aromatic carbocycles. The SMILES string of the molecule is CCNC(=S)N1Cc2[nH]c3ccccc3c2CC1C(=O)O. The lowest BCUT2D eigenvalue weighted by molar-refractivity contribution is -0.142.